The number of likely N-dealkylation sites (tertiary alicyclic amines) is 1. The molecule has 0 spiro atoms. The van der Waals surface area contributed by atoms with Crippen LogP contribution in [0.4, 0.5) is 4.79 Å². The molecule has 0 aromatic carbocycles. The Hall–Kier alpha value is -0.810. The molecule has 98 valence electrons. The molecule has 0 bridgehead atoms. The summed E-state index contributed by atoms with van der Waals surface area (Å²) in [5.74, 6) is 0. The molecule has 0 saturated carbocycles. The number of carbonyl (C=O) groups is 1. The van der Waals surface area contributed by atoms with Crippen LogP contribution < -0.4 is 5.32 Å². The summed E-state index contributed by atoms with van der Waals surface area (Å²) in [4.78, 5) is 18.5. The van der Waals surface area contributed by atoms with Gasteiger partial charge in [0.2, 0.25) is 0 Å². The second-order valence-electron chi connectivity index (χ2n) is 5.06. The van der Waals surface area contributed by atoms with E-state index in [4.69, 9.17) is 0 Å². The molecule has 17 heavy (non-hydrogen) atoms. The van der Waals surface area contributed by atoms with E-state index in [1.165, 1.54) is 19.5 Å². The minimum absolute atomic E-state index is 0.0932. The molecule has 1 unspecified atom stereocenters. The average Bonchev–Trinajstić information content (AvgIpc) is 2.76. The van der Waals surface area contributed by atoms with Gasteiger partial charge >= 0.3 is 6.03 Å². The number of piperazine rings is 1. The maximum absolute atomic E-state index is 11.7. The molecule has 2 rings (SSSR count). The number of rotatable bonds is 2. The number of carbonyl (C=O) groups excluding carboxylic acids is 1. The average molecular weight is 240 g/mol. The third-order valence-corrected chi connectivity index (χ3v) is 3.81. The molecule has 2 aliphatic heterocycles. The first-order valence-electron chi connectivity index (χ1n) is 6.66. The van der Waals surface area contributed by atoms with Crippen LogP contribution in [0.3, 0.4) is 0 Å². The molecule has 2 saturated heterocycles. The lowest BCUT2D eigenvalue weighted by molar-refractivity contribution is 0.111. The maximum Gasteiger partial charge on any atom is 0.317 e. The lowest BCUT2D eigenvalue weighted by atomic mass is 10.2. The molecule has 1 N–H and O–H groups in total. The molecular weight excluding hydrogens is 216 g/mol. The summed E-state index contributed by atoms with van der Waals surface area (Å²) in [6.07, 6.45) is 1.28. The Morgan fingerprint density at radius 2 is 1.94 bits per heavy atom. The van der Waals surface area contributed by atoms with Crippen molar-refractivity contribution in [2.75, 3.05) is 52.9 Å². The third-order valence-electron chi connectivity index (χ3n) is 3.81. The summed E-state index contributed by atoms with van der Waals surface area (Å²) >= 11 is 0. The summed E-state index contributed by atoms with van der Waals surface area (Å²) in [7, 11) is 2.19. The number of urea groups is 1. The van der Waals surface area contributed by atoms with Crippen LogP contribution in [0.15, 0.2) is 0 Å². The van der Waals surface area contributed by atoms with E-state index in [1.54, 1.807) is 0 Å². The maximum atomic E-state index is 11.7. The third kappa shape index (κ3) is 3.10. The first-order valence-corrected chi connectivity index (χ1v) is 6.66. The number of nitrogens with one attached hydrogen (secondary N) is 1. The highest BCUT2D eigenvalue weighted by atomic mass is 16.2. The molecule has 2 fully saturated rings. The normalized spacial score (nSPS) is 27.4. The predicted octanol–water partition coefficient (Wildman–Crippen LogP) is 0.0376. The standard InChI is InChI=1S/C12H24N4O/c1-3-13-12(17)16-8-6-15(7-9-16)11-4-5-14(2)10-11/h11H,3-10H2,1-2H3,(H,13,17). The monoisotopic (exact) mass is 240 g/mol. The van der Waals surface area contributed by atoms with Crippen LogP contribution in [-0.4, -0.2) is 79.6 Å². The molecule has 0 aromatic heterocycles. The van der Waals surface area contributed by atoms with Crippen molar-refractivity contribution in [3.8, 4) is 0 Å². The van der Waals surface area contributed by atoms with Crippen LogP contribution in [0, 0.1) is 0 Å². The van der Waals surface area contributed by atoms with Gasteiger partial charge in [0, 0.05) is 45.3 Å². The smallest absolute Gasteiger partial charge is 0.317 e. The van der Waals surface area contributed by atoms with Crippen LogP contribution in [0.1, 0.15) is 13.3 Å². The van der Waals surface area contributed by atoms with Crippen molar-refractivity contribution in [2.45, 2.75) is 19.4 Å². The van der Waals surface area contributed by atoms with Crippen molar-refractivity contribution in [2.24, 2.45) is 0 Å². The zero-order valence-corrected chi connectivity index (χ0v) is 11.0. The highest BCUT2D eigenvalue weighted by Gasteiger charge is 2.29. The first-order chi connectivity index (χ1) is 8.20. The van der Waals surface area contributed by atoms with E-state index in [0.29, 0.717) is 12.6 Å². The van der Waals surface area contributed by atoms with E-state index >= 15 is 0 Å². The van der Waals surface area contributed by atoms with Crippen molar-refractivity contribution in [1.82, 2.24) is 20.0 Å². The highest BCUT2D eigenvalue weighted by Crippen LogP contribution is 2.16. The molecule has 2 heterocycles. The van der Waals surface area contributed by atoms with Gasteiger partial charge in [-0.15, -0.1) is 0 Å². The van der Waals surface area contributed by atoms with Gasteiger partial charge in [-0.25, -0.2) is 4.79 Å². The Bertz CT molecular complexity index is 263. The fourth-order valence-electron chi connectivity index (χ4n) is 2.76. The van der Waals surface area contributed by atoms with E-state index in [2.05, 4.69) is 22.2 Å². The second-order valence-corrected chi connectivity index (χ2v) is 5.06. The summed E-state index contributed by atoms with van der Waals surface area (Å²) in [6, 6.07) is 0.798. The molecule has 1 atom stereocenters. The molecular formula is C12H24N4O. The van der Waals surface area contributed by atoms with Gasteiger partial charge in [-0.3, -0.25) is 4.90 Å². The molecule has 2 amide bonds. The van der Waals surface area contributed by atoms with Crippen molar-refractivity contribution < 1.29 is 4.79 Å². The molecule has 0 aliphatic carbocycles. The summed E-state index contributed by atoms with van der Waals surface area (Å²) < 4.78 is 0. The minimum atomic E-state index is 0.0932. The lowest BCUT2D eigenvalue weighted by Crippen LogP contribution is -2.54. The van der Waals surface area contributed by atoms with Gasteiger partial charge in [-0.05, 0) is 26.9 Å². The van der Waals surface area contributed by atoms with Crippen LogP contribution in [-0.2, 0) is 0 Å². The fourth-order valence-corrected chi connectivity index (χ4v) is 2.76. The topological polar surface area (TPSA) is 38.8 Å². The minimum Gasteiger partial charge on any atom is -0.338 e. The second kappa shape index (κ2) is 5.69. The summed E-state index contributed by atoms with van der Waals surface area (Å²) in [5, 5.41) is 2.87. The SMILES string of the molecule is CCNC(=O)N1CCN(C2CCN(C)C2)CC1. The van der Waals surface area contributed by atoms with E-state index < -0.39 is 0 Å². The molecule has 0 radical (unpaired) electrons. The Kier molecular flexibility index (Phi) is 4.23. The largest absolute Gasteiger partial charge is 0.338 e. The van der Waals surface area contributed by atoms with Gasteiger partial charge in [0.15, 0.2) is 0 Å². The first kappa shape index (κ1) is 12.6. The predicted molar refractivity (Wildman–Crippen MR) is 68.1 cm³/mol. The number of hydrogen-bond acceptors (Lipinski definition) is 3. The Morgan fingerprint density at radius 3 is 2.47 bits per heavy atom. The quantitative estimate of drug-likeness (QED) is 0.740. The van der Waals surface area contributed by atoms with Crippen molar-refractivity contribution in [3.63, 3.8) is 0 Å². The van der Waals surface area contributed by atoms with E-state index in [-0.39, 0.29) is 6.03 Å². The molecule has 5 heteroatoms. The van der Waals surface area contributed by atoms with E-state index in [0.717, 1.165) is 26.2 Å². The van der Waals surface area contributed by atoms with Crippen LogP contribution >= 0.6 is 0 Å². The summed E-state index contributed by atoms with van der Waals surface area (Å²) in [6.45, 7) is 8.85. The van der Waals surface area contributed by atoms with Crippen LogP contribution in [0.25, 0.3) is 0 Å². The number of likely N-dealkylation sites (N-methyl/N-ethyl adjacent to an activating group) is 1. The van der Waals surface area contributed by atoms with Gasteiger partial charge in [-0.1, -0.05) is 0 Å². The van der Waals surface area contributed by atoms with Crippen LogP contribution in [0.5, 0.6) is 0 Å². The lowest BCUT2D eigenvalue weighted by Gasteiger charge is -2.37. The Morgan fingerprint density at radius 1 is 1.24 bits per heavy atom. The highest BCUT2D eigenvalue weighted by molar-refractivity contribution is 5.74. The Balaban J connectivity index is 1.76. The van der Waals surface area contributed by atoms with Crippen LogP contribution in [0.2, 0.25) is 0 Å². The van der Waals surface area contributed by atoms with Crippen molar-refractivity contribution in [1.29, 1.82) is 0 Å². The van der Waals surface area contributed by atoms with Gasteiger partial charge in [0.05, 0.1) is 0 Å². The molecule has 2 aliphatic rings. The number of nitrogens with zero attached hydrogens (tertiary/aromatic N) is 3. The van der Waals surface area contributed by atoms with E-state index in [1.807, 2.05) is 11.8 Å². The fraction of sp³-hybridized carbons (Fsp3) is 0.917. The summed E-state index contributed by atoms with van der Waals surface area (Å²) in [5.41, 5.74) is 0. The van der Waals surface area contributed by atoms with Crippen molar-refractivity contribution >= 4 is 6.03 Å². The van der Waals surface area contributed by atoms with Gasteiger partial charge < -0.3 is 15.1 Å². The molecule has 0 aromatic rings. The zero-order valence-electron chi connectivity index (χ0n) is 11.0. The Labute approximate surface area is 104 Å². The van der Waals surface area contributed by atoms with E-state index in [9.17, 15) is 4.79 Å². The van der Waals surface area contributed by atoms with Gasteiger partial charge in [-0.2, -0.15) is 0 Å². The zero-order chi connectivity index (χ0) is 12.3. The van der Waals surface area contributed by atoms with Gasteiger partial charge in [0.25, 0.3) is 0 Å². The van der Waals surface area contributed by atoms with Gasteiger partial charge in [0.1, 0.15) is 0 Å². The number of hydrogen-bond donors (Lipinski definition) is 1. The van der Waals surface area contributed by atoms with Crippen molar-refractivity contribution in [3.05, 3.63) is 0 Å². The number of amides is 2. The molecule has 5 nitrogen and oxygen atoms in total.